The molecule has 0 fully saturated rings. The zero-order valence-electron chi connectivity index (χ0n) is 19.2. The Balaban J connectivity index is 1.75. The van der Waals surface area contributed by atoms with Crippen LogP contribution in [0.25, 0.3) is 11.0 Å². The number of nitrogens with one attached hydrogen (secondary N) is 1. The second-order valence-corrected chi connectivity index (χ2v) is 9.35. The summed E-state index contributed by atoms with van der Waals surface area (Å²) in [5, 5.41) is 6.41. The molecule has 0 bridgehead atoms. The van der Waals surface area contributed by atoms with E-state index in [4.69, 9.17) is 33.3 Å². The van der Waals surface area contributed by atoms with Crippen molar-refractivity contribution in [1.82, 2.24) is 19.7 Å². The highest BCUT2D eigenvalue weighted by Crippen LogP contribution is 2.24. The highest BCUT2D eigenvalue weighted by Gasteiger charge is 2.16. The summed E-state index contributed by atoms with van der Waals surface area (Å²) >= 11 is 12.2. The van der Waals surface area contributed by atoms with Gasteiger partial charge >= 0.3 is 0 Å². The third-order valence-electron chi connectivity index (χ3n) is 5.79. The molecule has 0 atom stereocenters. The van der Waals surface area contributed by atoms with Crippen molar-refractivity contribution >= 4 is 34.2 Å². The van der Waals surface area contributed by atoms with E-state index in [2.05, 4.69) is 18.8 Å². The smallest absolute Gasteiger partial charge is 0.262 e. The molecule has 2 aromatic heterocycles. The molecular formula is C25H34Cl2N4O. The van der Waals surface area contributed by atoms with Crippen LogP contribution >= 0.6 is 23.2 Å². The van der Waals surface area contributed by atoms with E-state index < -0.39 is 0 Å². The molecule has 3 aromatic rings. The third-order valence-corrected chi connectivity index (χ3v) is 6.53. The van der Waals surface area contributed by atoms with Crippen LogP contribution in [-0.2, 0) is 19.4 Å². The zero-order chi connectivity index (χ0) is 22.9. The Labute approximate surface area is 200 Å². The topological polar surface area (TPSA) is 63.6 Å². The average molecular weight is 477 g/mol. The first-order valence-corrected chi connectivity index (χ1v) is 12.7. The molecule has 3 rings (SSSR count). The molecule has 2 heterocycles. The molecule has 174 valence electrons. The van der Waals surface area contributed by atoms with Crippen molar-refractivity contribution < 1.29 is 0 Å². The van der Waals surface area contributed by atoms with Crippen molar-refractivity contribution in [2.45, 2.75) is 91.0 Å². The maximum atomic E-state index is 12.9. The van der Waals surface area contributed by atoms with Gasteiger partial charge in [0.1, 0.15) is 11.2 Å². The third kappa shape index (κ3) is 6.58. The molecule has 32 heavy (non-hydrogen) atoms. The van der Waals surface area contributed by atoms with E-state index in [1.807, 2.05) is 16.8 Å². The van der Waals surface area contributed by atoms with Gasteiger partial charge in [0.05, 0.1) is 15.7 Å². The van der Waals surface area contributed by atoms with Gasteiger partial charge in [0.25, 0.3) is 5.56 Å². The van der Waals surface area contributed by atoms with E-state index >= 15 is 0 Å². The number of aromatic nitrogens is 4. The number of unbranched alkanes of at least 4 members (excludes halogenated alkanes) is 7. The van der Waals surface area contributed by atoms with Crippen molar-refractivity contribution in [3.8, 4) is 0 Å². The maximum absolute atomic E-state index is 12.9. The molecule has 1 aromatic carbocycles. The number of hydrogen-bond acceptors (Lipinski definition) is 3. The number of H-pyrrole nitrogens is 1. The van der Waals surface area contributed by atoms with Gasteiger partial charge in [-0.1, -0.05) is 94.5 Å². The van der Waals surface area contributed by atoms with Gasteiger partial charge in [0.2, 0.25) is 0 Å². The lowest BCUT2D eigenvalue weighted by molar-refractivity contribution is 0.523. The summed E-state index contributed by atoms with van der Waals surface area (Å²) in [4.78, 5) is 20.7. The molecule has 5 nitrogen and oxygen atoms in total. The van der Waals surface area contributed by atoms with Crippen molar-refractivity contribution in [2.24, 2.45) is 0 Å². The lowest BCUT2D eigenvalue weighted by Gasteiger charge is -2.06. The van der Waals surface area contributed by atoms with E-state index in [0.29, 0.717) is 33.3 Å². The van der Waals surface area contributed by atoms with Crippen LogP contribution in [0.4, 0.5) is 0 Å². The Morgan fingerprint density at radius 2 is 1.66 bits per heavy atom. The van der Waals surface area contributed by atoms with E-state index in [0.717, 1.165) is 37.1 Å². The number of aryl methyl sites for hydroxylation is 2. The van der Waals surface area contributed by atoms with E-state index in [9.17, 15) is 4.79 Å². The van der Waals surface area contributed by atoms with Crippen LogP contribution in [0.5, 0.6) is 0 Å². The second-order valence-electron chi connectivity index (χ2n) is 8.53. The summed E-state index contributed by atoms with van der Waals surface area (Å²) in [5.74, 6) is 0.612. The van der Waals surface area contributed by atoms with Crippen molar-refractivity contribution in [2.75, 3.05) is 0 Å². The molecule has 0 aliphatic heterocycles. The predicted octanol–water partition coefficient (Wildman–Crippen LogP) is 7.11. The van der Waals surface area contributed by atoms with Gasteiger partial charge in [0.15, 0.2) is 5.65 Å². The van der Waals surface area contributed by atoms with Gasteiger partial charge in [-0.15, -0.1) is 0 Å². The minimum absolute atomic E-state index is 0.115. The SMILES string of the molecule is CCCCCCCCCCn1nc(CCC)c2c(=O)[nH]c(Cc3ccc(Cl)c(Cl)c3)nc21. The fourth-order valence-electron chi connectivity index (χ4n) is 4.09. The van der Waals surface area contributed by atoms with E-state index in [1.54, 1.807) is 6.07 Å². The molecule has 0 radical (unpaired) electrons. The number of fused-ring (bicyclic) bond motifs is 1. The first-order valence-electron chi connectivity index (χ1n) is 12.0. The first kappa shape index (κ1) is 24.8. The summed E-state index contributed by atoms with van der Waals surface area (Å²) in [6, 6.07) is 5.48. The van der Waals surface area contributed by atoms with Crippen LogP contribution in [0.1, 0.15) is 88.7 Å². The van der Waals surface area contributed by atoms with Crippen LogP contribution < -0.4 is 5.56 Å². The molecule has 0 saturated carbocycles. The van der Waals surface area contributed by atoms with Crippen molar-refractivity contribution in [1.29, 1.82) is 0 Å². The molecule has 0 saturated heterocycles. The van der Waals surface area contributed by atoms with Crippen LogP contribution in [-0.4, -0.2) is 19.7 Å². The lowest BCUT2D eigenvalue weighted by atomic mass is 10.1. The van der Waals surface area contributed by atoms with Crippen LogP contribution in [0.3, 0.4) is 0 Å². The fraction of sp³-hybridized carbons (Fsp3) is 0.560. The molecule has 0 aliphatic rings. The molecule has 0 amide bonds. The van der Waals surface area contributed by atoms with Crippen molar-refractivity contribution in [3.05, 3.63) is 55.7 Å². The van der Waals surface area contributed by atoms with E-state index in [1.165, 1.54) is 44.9 Å². The predicted molar refractivity (Wildman–Crippen MR) is 134 cm³/mol. The summed E-state index contributed by atoms with van der Waals surface area (Å²) in [7, 11) is 0. The van der Waals surface area contributed by atoms with Crippen LogP contribution in [0, 0.1) is 0 Å². The Kier molecular flexibility index (Phi) is 9.61. The number of hydrogen-bond donors (Lipinski definition) is 1. The Bertz CT molecular complexity index is 1070. The number of halogens is 2. The number of rotatable bonds is 13. The summed E-state index contributed by atoms with van der Waals surface area (Å²) in [6.45, 7) is 5.14. The number of nitrogens with zero attached hydrogens (tertiary/aromatic N) is 3. The fourth-order valence-corrected chi connectivity index (χ4v) is 4.41. The van der Waals surface area contributed by atoms with Crippen molar-refractivity contribution in [3.63, 3.8) is 0 Å². The molecule has 0 unspecified atom stereocenters. The number of benzene rings is 1. The minimum atomic E-state index is -0.115. The summed E-state index contributed by atoms with van der Waals surface area (Å²) in [5.41, 5.74) is 2.37. The van der Waals surface area contributed by atoms with Gasteiger partial charge in [0, 0.05) is 13.0 Å². The lowest BCUT2D eigenvalue weighted by Crippen LogP contribution is -2.14. The zero-order valence-corrected chi connectivity index (χ0v) is 20.7. The molecule has 0 spiro atoms. The van der Waals surface area contributed by atoms with Crippen LogP contribution in [0.2, 0.25) is 10.0 Å². The molecule has 1 N–H and O–H groups in total. The van der Waals surface area contributed by atoms with Gasteiger partial charge in [-0.05, 0) is 30.5 Å². The Morgan fingerprint density at radius 3 is 2.34 bits per heavy atom. The molecular weight excluding hydrogens is 443 g/mol. The monoisotopic (exact) mass is 476 g/mol. The minimum Gasteiger partial charge on any atom is -0.310 e. The van der Waals surface area contributed by atoms with Crippen LogP contribution in [0.15, 0.2) is 23.0 Å². The maximum Gasteiger partial charge on any atom is 0.262 e. The Morgan fingerprint density at radius 1 is 0.938 bits per heavy atom. The molecule has 0 aliphatic carbocycles. The normalized spacial score (nSPS) is 11.5. The quantitative estimate of drug-likeness (QED) is 0.267. The van der Waals surface area contributed by atoms with Gasteiger partial charge in [-0.3, -0.25) is 4.79 Å². The van der Waals surface area contributed by atoms with Gasteiger partial charge in [-0.25, -0.2) is 9.67 Å². The standard InChI is InChI=1S/C25H34Cl2N4O/c1-3-5-6-7-8-9-10-11-15-31-24-23(21(30-31)12-4-2)25(32)29-22(28-24)17-18-13-14-19(26)20(27)16-18/h13-14,16H,3-12,15,17H2,1-2H3,(H,28,29,32). The highest BCUT2D eigenvalue weighted by molar-refractivity contribution is 6.42. The van der Waals surface area contributed by atoms with E-state index in [-0.39, 0.29) is 5.56 Å². The Hall–Kier alpha value is -1.85. The summed E-state index contributed by atoms with van der Waals surface area (Å²) < 4.78 is 1.94. The second kappa shape index (κ2) is 12.4. The highest BCUT2D eigenvalue weighted by atomic mass is 35.5. The van der Waals surface area contributed by atoms with Gasteiger partial charge < -0.3 is 4.98 Å². The van der Waals surface area contributed by atoms with Gasteiger partial charge in [-0.2, -0.15) is 5.10 Å². The number of aromatic amines is 1. The largest absolute Gasteiger partial charge is 0.310 e. The molecule has 7 heteroatoms. The average Bonchev–Trinajstić information content (AvgIpc) is 3.11. The first-order chi connectivity index (χ1) is 15.5. The summed E-state index contributed by atoms with van der Waals surface area (Å²) in [6.07, 6.45) is 12.3.